The number of methoxy groups -OCH3 is 3. The van der Waals surface area contributed by atoms with Gasteiger partial charge in [-0.3, -0.25) is 10.4 Å². The second-order valence-electron chi connectivity index (χ2n) is 5.24. The van der Waals surface area contributed by atoms with Gasteiger partial charge in [0, 0.05) is 12.7 Å². The summed E-state index contributed by atoms with van der Waals surface area (Å²) in [6.45, 7) is 2.33. The van der Waals surface area contributed by atoms with Crippen LogP contribution < -0.4 is 25.0 Å². The molecule has 138 valence electrons. The first-order valence-corrected chi connectivity index (χ1v) is 8.28. The lowest BCUT2D eigenvalue weighted by Gasteiger charge is -2.15. The number of thiocarbonyl (C=S) groups is 1. The standard InChI is InChI=1S/C18H22N4O3S/c1-12(14-7-5-6-8-19-14)21-22-18(26)20-11-13-9-15(23-2)17(25-4)16(10-13)24-3/h5-10H,11H2,1-4H3,(H2,20,22,26)/b21-12-. The average Bonchev–Trinajstić information content (AvgIpc) is 2.69. The summed E-state index contributed by atoms with van der Waals surface area (Å²) in [7, 11) is 4.73. The molecule has 0 aliphatic heterocycles. The van der Waals surface area contributed by atoms with Crippen molar-refractivity contribution in [3.63, 3.8) is 0 Å². The maximum Gasteiger partial charge on any atom is 0.203 e. The normalized spacial score (nSPS) is 10.8. The zero-order chi connectivity index (χ0) is 18.9. The third-order valence-corrected chi connectivity index (χ3v) is 3.77. The van der Waals surface area contributed by atoms with Gasteiger partial charge in [-0.2, -0.15) is 5.10 Å². The largest absolute Gasteiger partial charge is 0.493 e. The molecule has 0 bridgehead atoms. The van der Waals surface area contributed by atoms with Crippen LogP contribution in [0.1, 0.15) is 18.2 Å². The minimum Gasteiger partial charge on any atom is -0.493 e. The monoisotopic (exact) mass is 374 g/mol. The number of benzene rings is 1. The topological polar surface area (TPSA) is 77.0 Å². The number of ether oxygens (including phenoxy) is 3. The Morgan fingerprint density at radius 1 is 1.12 bits per heavy atom. The van der Waals surface area contributed by atoms with E-state index in [0.29, 0.717) is 28.9 Å². The van der Waals surface area contributed by atoms with Crippen molar-refractivity contribution >= 4 is 23.0 Å². The van der Waals surface area contributed by atoms with Gasteiger partial charge < -0.3 is 19.5 Å². The molecule has 0 amide bonds. The lowest BCUT2D eigenvalue weighted by atomic mass is 10.2. The summed E-state index contributed by atoms with van der Waals surface area (Å²) in [5, 5.41) is 7.72. The first kappa shape index (κ1) is 19.5. The van der Waals surface area contributed by atoms with Gasteiger partial charge in [0.1, 0.15) is 0 Å². The van der Waals surface area contributed by atoms with E-state index in [4.69, 9.17) is 26.4 Å². The molecule has 1 heterocycles. The van der Waals surface area contributed by atoms with Crippen LogP contribution in [0.25, 0.3) is 0 Å². The number of nitrogens with zero attached hydrogens (tertiary/aromatic N) is 2. The van der Waals surface area contributed by atoms with E-state index in [0.717, 1.165) is 17.0 Å². The molecule has 0 aliphatic carbocycles. The van der Waals surface area contributed by atoms with Gasteiger partial charge in [-0.1, -0.05) is 6.07 Å². The van der Waals surface area contributed by atoms with Gasteiger partial charge >= 0.3 is 0 Å². The second-order valence-corrected chi connectivity index (χ2v) is 5.65. The average molecular weight is 374 g/mol. The van der Waals surface area contributed by atoms with Gasteiger partial charge in [0.05, 0.1) is 32.7 Å². The van der Waals surface area contributed by atoms with Gasteiger partial charge in [0.25, 0.3) is 0 Å². The fraction of sp³-hybridized carbons (Fsp3) is 0.278. The predicted octanol–water partition coefficient (Wildman–Crippen LogP) is 2.50. The predicted molar refractivity (Wildman–Crippen MR) is 105 cm³/mol. The van der Waals surface area contributed by atoms with E-state index < -0.39 is 0 Å². The Morgan fingerprint density at radius 3 is 2.35 bits per heavy atom. The Balaban J connectivity index is 1.99. The number of aromatic nitrogens is 1. The fourth-order valence-corrected chi connectivity index (χ4v) is 2.35. The summed E-state index contributed by atoms with van der Waals surface area (Å²) < 4.78 is 16.0. The molecule has 0 atom stereocenters. The lowest BCUT2D eigenvalue weighted by molar-refractivity contribution is 0.323. The highest BCUT2D eigenvalue weighted by Crippen LogP contribution is 2.38. The summed E-state index contributed by atoms with van der Waals surface area (Å²) in [5.74, 6) is 1.73. The summed E-state index contributed by atoms with van der Waals surface area (Å²) in [4.78, 5) is 4.23. The third kappa shape index (κ3) is 5.06. The van der Waals surface area contributed by atoms with E-state index in [1.807, 2.05) is 37.3 Å². The number of hydrazone groups is 1. The van der Waals surface area contributed by atoms with Crippen molar-refractivity contribution in [2.75, 3.05) is 21.3 Å². The minimum absolute atomic E-state index is 0.397. The first-order chi connectivity index (χ1) is 12.6. The van der Waals surface area contributed by atoms with E-state index in [1.54, 1.807) is 27.5 Å². The zero-order valence-corrected chi connectivity index (χ0v) is 16.0. The zero-order valence-electron chi connectivity index (χ0n) is 15.2. The third-order valence-electron chi connectivity index (χ3n) is 3.54. The molecule has 2 aromatic rings. The summed E-state index contributed by atoms with van der Waals surface area (Å²) in [5.41, 5.74) is 5.26. The quantitative estimate of drug-likeness (QED) is 0.438. The van der Waals surface area contributed by atoms with Gasteiger partial charge in [0.2, 0.25) is 5.75 Å². The Kier molecular flexibility index (Phi) is 7.16. The van der Waals surface area contributed by atoms with Crippen molar-refractivity contribution in [2.45, 2.75) is 13.5 Å². The maximum absolute atomic E-state index is 5.34. The Morgan fingerprint density at radius 2 is 1.81 bits per heavy atom. The maximum atomic E-state index is 5.34. The highest BCUT2D eigenvalue weighted by Gasteiger charge is 2.13. The van der Waals surface area contributed by atoms with Crippen LogP contribution in [0.4, 0.5) is 0 Å². The van der Waals surface area contributed by atoms with Crippen molar-refractivity contribution in [1.82, 2.24) is 15.7 Å². The van der Waals surface area contributed by atoms with Gasteiger partial charge in [-0.15, -0.1) is 0 Å². The molecule has 0 aliphatic rings. The molecular formula is C18H22N4O3S. The van der Waals surface area contributed by atoms with E-state index in [2.05, 4.69) is 20.8 Å². The summed E-state index contributed by atoms with van der Waals surface area (Å²) >= 11 is 5.26. The highest BCUT2D eigenvalue weighted by atomic mass is 32.1. The van der Waals surface area contributed by atoms with Crippen molar-refractivity contribution in [3.05, 3.63) is 47.8 Å². The van der Waals surface area contributed by atoms with Crippen LogP contribution >= 0.6 is 12.2 Å². The SMILES string of the molecule is COc1cc(CNC(=S)N/N=C(/C)c2ccccn2)cc(OC)c1OC. The number of pyridine rings is 1. The molecule has 0 unspecified atom stereocenters. The van der Waals surface area contributed by atoms with Crippen molar-refractivity contribution in [2.24, 2.45) is 5.10 Å². The van der Waals surface area contributed by atoms with E-state index in [1.165, 1.54) is 0 Å². The van der Waals surface area contributed by atoms with Crippen LogP contribution in [-0.4, -0.2) is 37.1 Å². The molecule has 1 aromatic carbocycles. The van der Waals surface area contributed by atoms with Crippen LogP contribution in [0, 0.1) is 0 Å². The fourth-order valence-electron chi connectivity index (χ4n) is 2.23. The van der Waals surface area contributed by atoms with E-state index >= 15 is 0 Å². The van der Waals surface area contributed by atoms with Crippen LogP contribution in [0.15, 0.2) is 41.6 Å². The smallest absolute Gasteiger partial charge is 0.203 e. The molecule has 7 nitrogen and oxygen atoms in total. The number of nitrogens with one attached hydrogen (secondary N) is 2. The van der Waals surface area contributed by atoms with E-state index in [9.17, 15) is 0 Å². The van der Waals surface area contributed by atoms with Crippen LogP contribution in [0.5, 0.6) is 17.2 Å². The Bertz CT molecular complexity index is 756. The molecule has 0 saturated heterocycles. The molecule has 2 rings (SSSR count). The number of rotatable bonds is 7. The number of hydrogen-bond donors (Lipinski definition) is 2. The lowest BCUT2D eigenvalue weighted by Crippen LogP contribution is -2.32. The second kappa shape index (κ2) is 9.57. The van der Waals surface area contributed by atoms with Gasteiger partial charge in [-0.05, 0) is 49.0 Å². The summed E-state index contributed by atoms with van der Waals surface area (Å²) in [6, 6.07) is 9.36. The Labute approximate surface area is 158 Å². The molecule has 0 fully saturated rings. The van der Waals surface area contributed by atoms with E-state index in [-0.39, 0.29) is 0 Å². The molecule has 0 radical (unpaired) electrons. The first-order valence-electron chi connectivity index (χ1n) is 7.87. The van der Waals surface area contributed by atoms with Crippen LogP contribution in [-0.2, 0) is 6.54 Å². The van der Waals surface area contributed by atoms with Crippen molar-refractivity contribution in [1.29, 1.82) is 0 Å². The molecular weight excluding hydrogens is 352 g/mol. The molecule has 1 aromatic heterocycles. The molecule has 26 heavy (non-hydrogen) atoms. The van der Waals surface area contributed by atoms with Crippen molar-refractivity contribution in [3.8, 4) is 17.2 Å². The van der Waals surface area contributed by atoms with Gasteiger partial charge in [0.15, 0.2) is 16.6 Å². The summed E-state index contributed by atoms with van der Waals surface area (Å²) in [6.07, 6.45) is 1.72. The highest BCUT2D eigenvalue weighted by molar-refractivity contribution is 7.80. The Hall–Kier alpha value is -2.87. The van der Waals surface area contributed by atoms with Gasteiger partial charge in [-0.25, -0.2) is 0 Å². The molecule has 2 N–H and O–H groups in total. The van der Waals surface area contributed by atoms with Crippen LogP contribution in [0.2, 0.25) is 0 Å². The van der Waals surface area contributed by atoms with Crippen molar-refractivity contribution < 1.29 is 14.2 Å². The molecule has 0 spiro atoms. The molecule has 0 saturated carbocycles. The van der Waals surface area contributed by atoms with Crippen LogP contribution in [0.3, 0.4) is 0 Å². The minimum atomic E-state index is 0.397. The molecule has 8 heteroatoms. The number of hydrogen-bond acceptors (Lipinski definition) is 6.